The molecule has 1 heterocycles. The van der Waals surface area contributed by atoms with Crippen molar-refractivity contribution in [3.63, 3.8) is 0 Å². The molecule has 1 aliphatic heterocycles. The predicted molar refractivity (Wildman–Crippen MR) is 103 cm³/mol. The van der Waals surface area contributed by atoms with Crippen LogP contribution >= 0.6 is 0 Å². The van der Waals surface area contributed by atoms with Gasteiger partial charge in [-0.3, -0.25) is 4.90 Å². The maximum atomic E-state index is 12.5. The van der Waals surface area contributed by atoms with E-state index in [1.54, 1.807) is 0 Å². The van der Waals surface area contributed by atoms with E-state index in [4.69, 9.17) is 0 Å². The Kier molecular flexibility index (Phi) is 6.35. The fourth-order valence-corrected chi connectivity index (χ4v) is 4.57. The highest BCUT2D eigenvalue weighted by molar-refractivity contribution is 5.74. The first kappa shape index (κ1) is 18.2. The van der Waals surface area contributed by atoms with Gasteiger partial charge in [0.15, 0.2) is 0 Å². The van der Waals surface area contributed by atoms with Crippen LogP contribution in [0.3, 0.4) is 0 Å². The number of hydrogen-bond donors (Lipinski definition) is 2. The molecule has 1 aromatic carbocycles. The van der Waals surface area contributed by atoms with E-state index in [9.17, 15) is 4.79 Å². The highest BCUT2D eigenvalue weighted by Gasteiger charge is 2.40. The number of carbonyl (C=O) groups is 1. The Morgan fingerprint density at radius 1 is 1.08 bits per heavy atom. The summed E-state index contributed by atoms with van der Waals surface area (Å²) in [6, 6.07) is 10.3. The molecule has 1 atom stereocenters. The third-order valence-electron chi connectivity index (χ3n) is 6.05. The maximum Gasteiger partial charge on any atom is 0.315 e. The number of amides is 2. The van der Waals surface area contributed by atoms with E-state index in [2.05, 4.69) is 34.6 Å². The maximum absolute atomic E-state index is 12.5. The molecule has 0 aromatic heterocycles. The second-order valence-corrected chi connectivity index (χ2v) is 7.68. The third kappa shape index (κ3) is 4.55. The summed E-state index contributed by atoms with van der Waals surface area (Å²) in [5.74, 6) is 0. The number of rotatable bonds is 6. The van der Waals surface area contributed by atoms with E-state index in [1.165, 1.54) is 63.6 Å². The standard InChI is InChI=1S/C21H33N3O/c1-2-19(18-11-5-3-6-12-18)23-20(25)22-17-21(13-7-8-14-21)24-15-9-4-10-16-24/h3,5-6,11-12,19H,2,4,7-10,13-17H2,1H3,(H2,22,23,25)/t19-/m1/s1. The molecule has 138 valence electrons. The molecule has 4 heteroatoms. The van der Waals surface area contributed by atoms with Gasteiger partial charge < -0.3 is 10.6 Å². The van der Waals surface area contributed by atoms with Gasteiger partial charge in [0.1, 0.15) is 0 Å². The second-order valence-electron chi connectivity index (χ2n) is 7.68. The molecule has 1 saturated heterocycles. The molecule has 0 radical (unpaired) electrons. The summed E-state index contributed by atoms with van der Waals surface area (Å²) >= 11 is 0. The number of likely N-dealkylation sites (tertiary alicyclic amines) is 1. The van der Waals surface area contributed by atoms with Gasteiger partial charge in [-0.25, -0.2) is 4.79 Å². The Morgan fingerprint density at radius 3 is 2.40 bits per heavy atom. The molecule has 0 unspecified atom stereocenters. The van der Waals surface area contributed by atoms with Gasteiger partial charge in [0.25, 0.3) is 0 Å². The molecule has 25 heavy (non-hydrogen) atoms. The lowest BCUT2D eigenvalue weighted by Gasteiger charge is -2.43. The Balaban J connectivity index is 1.56. The van der Waals surface area contributed by atoms with E-state index >= 15 is 0 Å². The Hall–Kier alpha value is -1.55. The van der Waals surface area contributed by atoms with Crippen LogP contribution in [0.25, 0.3) is 0 Å². The van der Waals surface area contributed by atoms with E-state index in [0.29, 0.717) is 0 Å². The van der Waals surface area contributed by atoms with Crippen LogP contribution in [0.2, 0.25) is 0 Å². The van der Waals surface area contributed by atoms with Crippen LogP contribution in [0, 0.1) is 0 Å². The minimum absolute atomic E-state index is 0.0287. The molecule has 4 nitrogen and oxygen atoms in total. The zero-order valence-electron chi connectivity index (χ0n) is 15.6. The van der Waals surface area contributed by atoms with E-state index in [-0.39, 0.29) is 17.6 Å². The van der Waals surface area contributed by atoms with Gasteiger partial charge in [-0.05, 0) is 50.8 Å². The normalized spacial score (nSPS) is 21.6. The van der Waals surface area contributed by atoms with Gasteiger partial charge >= 0.3 is 6.03 Å². The summed E-state index contributed by atoms with van der Waals surface area (Å²) in [6.07, 6.45) is 9.90. The number of benzene rings is 1. The third-order valence-corrected chi connectivity index (χ3v) is 6.05. The first-order valence-corrected chi connectivity index (χ1v) is 10.1. The molecular formula is C21H33N3O. The molecule has 2 N–H and O–H groups in total. The molecular weight excluding hydrogens is 310 g/mol. The van der Waals surface area contributed by atoms with Gasteiger partial charge in [-0.2, -0.15) is 0 Å². The Morgan fingerprint density at radius 2 is 1.76 bits per heavy atom. The SMILES string of the molecule is CC[C@@H](NC(=O)NCC1(N2CCCCC2)CCCC1)c1ccccc1. The summed E-state index contributed by atoms with van der Waals surface area (Å²) in [7, 11) is 0. The largest absolute Gasteiger partial charge is 0.336 e. The second kappa shape index (κ2) is 8.70. The average molecular weight is 344 g/mol. The number of carbonyl (C=O) groups excluding carboxylic acids is 1. The predicted octanol–water partition coefficient (Wildman–Crippen LogP) is 4.24. The van der Waals surface area contributed by atoms with Crippen molar-refractivity contribution < 1.29 is 4.79 Å². The molecule has 1 saturated carbocycles. The zero-order valence-corrected chi connectivity index (χ0v) is 15.6. The molecule has 1 aromatic rings. The highest BCUT2D eigenvalue weighted by Crippen LogP contribution is 2.36. The van der Waals surface area contributed by atoms with E-state index in [1.807, 2.05) is 18.2 Å². The Bertz CT molecular complexity index is 533. The fourth-order valence-electron chi connectivity index (χ4n) is 4.57. The lowest BCUT2D eigenvalue weighted by atomic mass is 9.92. The van der Waals surface area contributed by atoms with Crippen LogP contribution in [0.4, 0.5) is 4.79 Å². The van der Waals surface area contributed by atoms with Crippen LogP contribution in [0.5, 0.6) is 0 Å². The van der Waals surface area contributed by atoms with Crippen molar-refractivity contribution in [2.45, 2.75) is 69.9 Å². The van der Waals surface area contributed by atoms with E-state index < -0.39 is 0 Å². The van der Waals surface area contributed by atoms with Crippen LogP contribution in [-0.4, -0.2) is 36.1 Å². The van der Waals surface area contributed by atoms with Crippen molar-refractivity contribution in [1.82, 2.24) is 15.5 Å². The molecule has 2 amide bonds. The van der Waals surface area contributed by atoms with Crippen LogP contribution < -0.4 is 10.6 Å². The van der Waals surface area contributed by atoms with Gasteiger partial charge in [-0.1, -0.05) is 56.5 Å². The highest BCUT2D eigenvalue weighted by atomic mass is 16.2. The summed E-state index contributed by atoms with van der Waals surface area (Å²) in [4.78, 5) is 15.2. The molecule has 0 spiro atoms. The van der Waals surface area contributed by atoms with Crippen LogP contribution in [-0.2, 0) is 0 Å². The summed E-state index contributed by atoms with van der Waals surface area (Å²) in [5.41, 5.74) is 1.37. The fraction of sp³-hybridized carbons (Fsp3) is 0.667. The number of hydrogen-bond acceptors (Lipinski definition) is 2. The Labute approximate surface area is 152 Å². The van der Waals surface area contributed by atoms with Crippen LogP contribution in [0.15, 0.2) is 30.3 Å². The minimum Gasteiger partial charge on any atom is -0.336 e. The smallest absolute Gasteiger partial charge is 0.315 e. The lowest BCUT2D eigenvalue weighted by Crippen LogP contribution is -2.56. The van der Waals surface area contributed by atoms with Crippen molar-refractivity contribution in [3.05, 3.63) is 35.9 Å². The minimum atomic E-state index is -0.0287. The lowest BCUT2D eigenvalue weighted by molar-refractivity contribution is 0.0715. The average Bonchev–Trinajstić information content (AvgIpc) is 3.16. The summed E-state index contributed by atoms with van der Waals surface area (Å²) in [5, 5.41) is 6.36. The number of piperidine rings is 1. The van der Waals surface area contributed by atoms with Gasteiger partial charge in [-0.15, -0.1) is 0 Å². The van der Waals surface area contributed by atoms with Crippen molar-refractivity contribution in [1.29, 1.82) is 0 Å². The summed E-state index contributed by atoms with van der Waals surface area (Å²) in [6.45, 7) is 5.30. The van der Waals surface area contributed by atoms with Gasteiger partial charge in [0, 0.05) is 12.1 Å². The van der Waals surface area contributed by atoms with Crippen molar-refractivity contribution in [2.75, 3.05) is 19.6 Å². The van der Waals surface area contributed by atoms with Crippen molar-refractivity contribution in [3.8, 4) is 0 Å². The first-order valence-electron chi connectivity index (χ1n) is 10.1. The molecule has 3 rings (SSSR count). The summed E-state index contributed by atoms with van der Waals surface area (Å²) < 4.78 is 0. The topological polar surface area (TPSA) is 44.4 Å². The molecule has 2 aliphatic rings. The quantitative estimate of drug-likeness (QED) is 0.811. The van der Waals surface area contributed by atoms with Crippen molar-refractivity contribution >= 4 is 6.03 Å². The van der Waals surface area contributed by atoms with Gasteiger partial charge in [0.2, 0.25) is 0 Å². The number of nitrogens with zero attached hydrogens (tertiary/aromatic N) is 1. The molecule has 1 aliphatic carbocycles. The van der Waals surface area contributed by atoms with Crippen molar-refractivity contribution in [2.24, 2.45) is 0 Å². The molecule has 0 bridgehead atoms. The van der Waals surface area contributed by atoms with Gasteiger partial charge in [0.05, 0.1) is 6.04 Å². The van der Waals surface area contributed by atoms with E-state index in [0.717, 1.165) is 13.0 Å². The molecule has 2 fully saturated rings. The number of nitrogens with one attached hydrogen (secondary N) is 2. The number of urea groups is 1. The van der Waals surface area contributed by atoms with Crippen LogP contribution in [0.1, 0.15) is 69.9 Å². The first-order chi connectivity index (χ1) is 12.2. The monoisotopic (exact) mass is 343 g/mol. The zero-order chi connectivity index (χ0) is 17.5.